The Labute approximate surface area is 280 Å². The Hall–Kier alpha value is -1.17. The molecule has 2 saturated carbocycles. The Bertz CT molecular complexity index is 1060. The zero-order chi connectivity index (χ0) is 33.8. The topological polar surface area (TPSA) is 69.6 Å². The van der Waals surface area contributed by atoms with Gasteiger partial charge in [-0.2, -0.15) is 13.2 Å². The van der Waals surface area contributed by atoms with Gasteiger partial charge in [0.1, 0.15) is 5.60 Å². The number of ether oxygens (including phenoxy) is 5. The van der Waals surface area contributed by atoms with E-state index in [9.17, 15) is 18.3 Å². The number of fused-ring (bicyclic) bond motifs is 2. The van der Waals surface area contributed by atoms with Gasteiger partial charge in [0, 0.05) is 32.0 Å². The summed E-state index contributed by atoms with van der Waals surface area (Å²) >= 11 is 0. The predicted octanol–water partition coefficient (Wildman–Crippen LogP) is 7.98. The lowest BCUT2D eigenvalue weighted by Gasteiger charge is -2.49. The molecule has 3 saturated heterocycles. The lowest BCUT2D eigenvalue weighted by molar-refractivity contribution is -0.230. The van der Waals surface area contributed by atoms with E-state index in [0.717, 1.165) is 44.8 Å². The summed E-state index contributed by atoms with van der Waals surface area (Å²) in [6, 6.07) is 0. The third-order valence-corrected chi connectivity index (χ3v) is 12.1. The molecule has 7 nitrogen and oxygen atoms in total. The fourth-order valence-electron chi connectivity index (χ4n) is 9.44. The second kappa shape index (κ2) is 15.8. The van der Waals surface area contributed by atoms with E-state index < -0.39 is 35.9 Å². The number of alkyl halides is 3. The minimum atomic E-state index is -4.66. The van der Waals surface area contributed by atoms with Crippen molar-refractivity contribution < 1.29 is 42.0 Å². The van der Waals surface area contributed by atoms with Gasteiger partial charge in [0.15, 0.2) is 12.1 Å². The summed E-state index contributed by atoms with van der Waals surface area (Å²) in [7, 11) is 0. The Morgan fingerprint density at radius 3 is 2.64 bits per heavy atom. The van der Waals surface area contributed by atoms with Gasteiger partial charge in [-0.3, -0.25) is 4.90 Å². The zero-order valence-electron chi connectivity index (χ0n) is 29.1. The van der Waals surface area contributed by atoms with Crippen molar-refractivity contribution in [1.29, 1.82) is 0 Å². The van der Waals surface area contributed by atoms with Crippen LogP contribution in [-0.2, 0) is 23.7 Å². The minimum Gasteiger partial charge on any atom is -0.457 e. The van der Waals surface area contributed by atoms with Crippen LogP contribution < -0.4 is 0 Å². The van der Waals surface area contributed by atoms with Gasteiger partial charge >= 0.3 is 6.18 Å². The molecule has 3 heterocycles. The van der Waals surface area contributed by atoms with Crippen LogP contribution >= 0.6 is 0 Å². The fourth-order valence-corrected chi connectivity index (χ4v) is 9.44. The molecule has 2 bridgehead atoms. The van der Waals surface area contributed by atoms with Crippen LogP contribution in [0.5, 0.6) is 0 Å². The third-order valence-electron chi connectivity index (χ3n) is 12.1. The van der Waals surface area contributed by atoms with Gasteiger partial charge < -0.3 is 28.8 Å². The lowest BCUT2D eigenvalue weighted by atomic mass is 9.66. The number of hydrogen-bond acceptors (Lipinski definition) is 7. The molecule has 0 amide bonds. The number of aliphatic hydroxyl groups is 1. The summed E-state index contributed by atoms with van der Waals surface area (Å²) < 4.78 is 73.3. The van der Waals surface area contributed by atoms with Crippen molar-refractivity contribution in [1.82, 2.24) is 4.90 Å². The van der Waals surface area contributed by atoms with Crippen LogP contribution in [-0.4, -0.2) is 79.1 Å². The van der Waals surface area contributed by atoms with Gasteiger partial charge in [-0.25, -0.2) is 0 Å². The maximum Gasteiger partial charge on any atom is 0.448 e. The number of nitrogens with zero attached hydrogens (tertiary/aromatic N) is 1. The Kier molecular flexibility index (Phi) is 12.5. The largest absolute Gasteiger partial charge is 0.457 e. The summed E-state index contributed by atoms with van der Waals surface area (Å²) in [6.07, 6.45) is 7.85. The van der Waals surface area contributed by atoms with Crippen molar-refractivity contribution in [2.24, 2.45) is 35.5 Å². The second-order valence-corrected chi connectivity index (χ2v) is 15.5. The Balaban J connectivity index is 1.11. The number of unbranched alkanes of at least 4 members (excludes halogenated alkanes) is 1. The number of aliphatic hydroxyl groups excluding tert-OH is 1. The van der Waals surface area contributed by atoms with E-state index in [1.54, 1.807) is 6.08 Å². The monoisotopic (exact) mass is 671 g/mol. The maximum atomic E-state index is 14.3. The maximum absolute atomic E-state index is 14.3. The molecule has 5 fully saturated rings. The lowest BCUT2D eigenvalue weighted by Crippen LogP contribution is -2.55. The first-order valence-corrected chi connectivity index (χ1v) is 18.4. The van der Waals surface area contributed by atoms with Crippen LogP contribution in [0, 0.1) is 35.5 Å². The molecule has 1 N–H and O–H groups in total. The molecule has 47 heavy (non-hydrogen) atoms. The van der Waals surface area contributed by atoms with E-state index in [0.29, 0.717) is 75.2 Å². The van der Waals surface area contributed by atoms with Crippen molar-refractivity contribution in [3.05, 3.63) is 24.5 Å². The SMILES string of the molecule is C=CCN(CC=C(OC1OC2(C)CCC3C(C)CCCC13O2)C(F)(F)F)CCCCOC(O)C(C)C1CCCC2CCC(C)OCC21. The second-order valence-electron chi connectivity index (χ2n) is 15.5. The third kappa shape index (κ3) is 8.77. The van der Waals surface area contributed by atoms with Gasteiger partial charge in [-0.1, -0.05) is 45.6 Å². The number of rotatable bonds is 14. The summed E-state index contributed by atoms with van der Waals surface area (Å²) in [5.41, 5.74) is -0.849. The molecule has 3 aliphatic heterocycles. The molecule has 5 rings (SSSR count). The van der Waals surface area contributed by atoms with Crippen molar-refractivity contribution >= 4 is 0 Å². The van der Waals surface area contributed by atoms with E-state index >= 15 is 0 Å². The molecular weight excluding hydrogens is 611 g/mol. The number of halogens is 3. The first kappa shape index (κ1) is 37.1. The molecule has 0 radical (unpaired) electrons. The molecule has 2 aliphatic carbocycles. The normalized spacial score (nSPS) is 39.1. The van der Waals surface area contributed by atoms with E-state index in [2.05, 4.69) is 27.4 Å². The first-order valence-electron chi connectivity index (χ1n) is 18.4. The molecule has 11 atom stereocenters. The highest BCUT2D eigenvalue weighted by Gasteiger charge is 2.65. The molecule has 11 unspecified atom stereocenters. The van der Waals surface area contributed by atoms with E-state index in [1.165, 1.54) is 19.3 Å². The molecule has 0 aromatic carbocycles. The van der Waals surface area contributed by atoms with Crippen molar-refractivity contribution in [3.8, 4) is 0 Å². The highest BCUT2D eigenvalue weighted by molar-refractivity contribution is 5.10. The van der Waals surface area contributed by atoms with Gasteiger partial charge in [0.25, 0.3) is 0 Å². The number of allylic oxidation sites excluding steroid dienone is 1. The molecule has 5 aliphatic rings. The summed E-state index contributed by atoms with van der Waals surface area (Å²) in [6.45, 7) is 14.3. The van der Waals surface area contributed by atoms with Crippen LogP contribution in [0.15, 0.2) is 24.5 Å². The van der Waals surface area contributed by atoms with Gasteiger partial charge in [0.2, 0.25) is 12.0 Å². The summed E-state index contributed by atoms with van der Waals surface area (Å²) in [5, 5.41) is 10.9. The fraction of sp³-hybridized carbons (Fsp3) is 0.892. The average Bonchev–Trinajstić information content (AvgIpc) is 3.11. The quantitative estimate of drug-likeness (QED) is 0.0870. The molecular formula is C37H60F3NO6. The molecule has 0 aromatic rings. The van der Waals surface area contributed by atoms with Crippen molar-refractivity contribution in [2.75, 3.05) is 32.8 Å². The molecule has 270 valence electrons. The molecule has 0 aromatic heterocycles. The van der Waals surface area contributed by atoms with E-state index in [4.69, 9.17) is 23.7 Å². The minimum absolute atomic E-state index is 0.0194. The van der Waals surface area contributed by atoms with Crippen LogP contribution in [0.3, 0.4) is 0 Å². The van der Waals surface area contributed by atoms with Gasteiger partial charge in [-0.15, -0.1) is 6.58 Å². The smallest absolute Gasteiger partial charge is 0.448 e. The van der Waals surface area contributed by atoms with Crippen LogP contribution in [0.1, 0.15) is 105 Å². The van der Waals surface area contributed by atoms with E-state index in [-0.39, 0.29) is 18.4 Å². The van der Waals surface area contributed by atoms with Crippen LogP contribution in [0.2, 0.25) is 0 Å². The van der Waals surface area contributed by atoms with Crippen LogP contribution in [0.25, 0.3) is 0 Å². The van der Waals surface area contributed by atoms with Crippen LogP contribution in [0.4, 0.5) is 13.2 Å². The van der Waals surface area contributed by atoms with Gasteiger partial charge in [0.05, 0.1) is 12.7 Å². The number of hydrogen-bond donors (Lipinski definition) is 1. The summed E-state index contributed by atoms with van der Waals surface area (Å²) in [5.74, 6) is 0.0409. The van der Waals surface area contributed by atoms with Crippen molar-refractivity contribution in [2.45, 2.75) is 141 Å². The molecule has 10 heteroatoms. The predicted molar refractivity (Wildman–Crippen MR) is 174 cm³/mol. The van der Waals surface area contributed by atoms with Crippen molar-refractivity contribution in [3.63, 3.8) is 0 Å². The average molecular weight is 672 g/mol. The van der Waals surface area contributed by atoms with E-state index in [1.807, 2.05) is 11.8 Å². The zero-order valence-corrected chi connectivity index (χ0v) is 29.1. The van der Waals surface area contributed by atoms with Gasteiger partial charge in [-0.05, 0) is 101 Å². The highest BCUT2D eigenvalue weighted by Crippen LogP contribution is 2.58. The molecule has 1 spiro atoms. The Morgan fingerprint density at radius 2 is 1.87 bits per heavy atom. The summed E-state index contributed by atoms with van der Waals surface area (Å²) in [4.78, 5) is 1.91. The first-order chi connectivity index (χ1) is 22.3. The Morgan fingerprint density at radius 1 is 1.06 bits per heavy atom. The standard InChI is InChI=1S/C37H60F3NO6/c1-6-20-41(21-7-8-23-43-33(42)27(4)29-13-9-12-28-15-14-26(3)44-24-30(28)29)22-17-32(37(38,39)40)45-34-36-18-10-11-25(2)31(36)16-19-35(5,46-34)47-36/h6,17,25-31,33-34,42H,1,7-16,18-24H2,2-5H3. The highest BCUT2D eigenvalue weighted by atomic mass is 19.4.